The molecular formula is C23H26ClN3O4. The van der Waals surface area contributed by atoms with Crippen molar-refractivity contribution < 1.29 is 14.6 Å². The first-order valence-electron chi connectivity index (χ1n) is 10.6. The van der Waals surface area contributed by atoms with Crippen molar-refractivity contribution in [3.63, 3.8) is 0 Å². The molecule has 3 aromatic rings. The summed E-state index contributed by atoms with van der Waals surface area (Å²) in [4.78, 5) is 17.7. The number of likely N-dealkylation sites (tertiary alicyclic amines) is 1. The first kappa shape index (κ1) is 20.4. The summed E-state index contributed by atoms with van der Waals surface area (Å²) in [6, 6.07) is 13.2. The maximum Gasteiger partial charge on any atom is 0.326 e. The van der Waals surface area contributed by atoms with Gasteiger partial charge in [0.1, 0.15) is 12.7 Å². The number of piperidine rings is 1. The number of nitrogens with one attached hydrogen (secondary N) is 1. The van der Waals surface area contributed by atoms with Crippen LogP contribution < -0.4 is 15.2 Å². The maximum atomic E-state index is 12.5. The fourth-order valence-electron chi connectivity index (χ4n) is 4.58. The molecule has 1 saturated heterocycles. The highest BCUT2D eigenvalue weighted by Gasteiger charge is 2.41. The zero-order chi connectivity index (χ0) is 21.6. The van der Waals surface area contributed by atoms with Crippen molar-refractivity contribution in [2.24, 2.45) is 0 Å². The van der Waals surface area contributed by atoms with Crippen LogP contribution in [-0.2, 0) is 0 Å². The normalized spacial score (nSPS) is 23.2. The van der Waals surface area contributed by atoms with Gasteiger partial charge < -0.3 is 24.5 Å². The van der Waals surface area contributed by atoms with Gasteiger partial charge in [0.05, 0.1) is 11.0 Å². The van der Waals surface area contributed by atoms with E-state index in [1.165, 1.54) is 0 Å². The average molecular weight is 444 g/mol. The summed E-state index contributed by atoms with van der Waals surface area (Å²) < 4.78 is 13.8. The average Bonchev–Trinajstić information content (AvgIpc) is 3.10. The third kappa shape index (κ3) is 3.82. The van der Waals surface area contributed by atoms with E-state index in [4.69, 9.17) is 21.1 Å². The van der Waals surface area contributed by atoms with Crippen LogP contribution in [0.4, 0.5) is 0 Å². The second-order valence-corrected chi connectivity index (χ2v) is 9.10. The molecule has 8 heteroatoms. The molecule has 7 nitrogen and oxygen atoms in total. The number of β-amino-alcohol motifs (C(OH)–C–C–N with tert-alkyl or cyclic N) is 1. The highest BCUT2D eigenvalue weighted by molar-refractivity contribution is 6.30. The predicted octanol–water partition coefficient (Wildman–Crippen LogP) is 3.21. The Hall–Kier alpha value is -2.48. The van der Waals surface area contributed by atoms with E-state index < -0.39 is 11.7 Å². The molecule has 2 aromatic carbocycles. The maximum absolute atomic E-state index is 12.5. The zero-order valence-electron chi connectivity index (χ0n) is 17.4. The fraction of sp³-hybridized carbons (Fsp3) is 0.435. The van der Waals surface area contributed by atoms with Crippen molar-refractivity contribution in [1.29, 1.82) is 0 Å². The van der Waals surface area contributed by atoms with Crippen LogP contribution in [0.25, 0.3) is 11.0 Å². The number of imidazole rings is 1. The molecule has 1 aromatic heterocycles. The summed E-state index contributed by atoms with van der Waals surface area (Å²) in [6.07, 6.45) is 0.983. The number of hydrogen-bond donors (Lipinski definition) is 2. The first-order chi connectivity index (χ1) is 14.9. The Balaban J connectivity index is 1.23. The van der Waals surface area contributed by atoms with E-state index in [0.717, 1.165) is 37.0 Å². The van der Waals surface area contributed by atoms with Crippen molar-refractivity contribution >= 4 is 22.6 Å². The van der Waals surface area contributed by atoms with Crippen molar-refractivity contribution in [3.8, 4) is 11.5 Å². The summed E-state index contributed by atoms with van der Waals surface area (Å²) >= 11 is 6.01. The molecule has 2 aliphatic heterocycles. The molecular weight excluding hydrogens is 418 g/mol. The molecule has 0 amide bonds. The molecule has 0 aliphatic carbocycles. The highest BCUT2D eigenvalue weighted by Crippen LogP contribution is 2.38. The number of ether oxygens (including phenoxy) is 2. The number of H-pyrrole nitrogens is 1. The second kappa shape index (κ2) is 7.89. The van der Waals surface area contributed by atoms with Crippen molar-refractivity contribution in [2.45, 2.75) is 37.5 Å². The number of aromatic nitrogens is 2. The van der Waals surface area contributed by atoms with Crippen LogP contribution >= 0.6 is 11.6 Å². The SMILES string of the molecule is CC1(C(O)CN2CCC(n3c(=O)[nH]c4ccccc43)CC2)COc2cc(Cl)ccc2O1. The third-order valence-electron chi connectivity index (χ3n) is 6.45. The van der Waals surface area contributed by atoms with Gasteiger partial charge in [0.2, 0.25) is 0 Å². The van der Waals surface area contributed by atoms with Gasteiger partial charge in [-0.15, -0.1) is 0 Å². The van der Waals surface area contributed by atoms with E-state index in [1.54, 1.807) is 18.2 Å². The minimum absolute atomic E-state index is 0.0567. The van der Waals surface area contributed by atoms with E-state index >= 15 is 0 Å². The number of hydrogen-bond acceptors (Lipinski definition) is 5. The number of aliphatic hydroxyl groups is 1. The van der Waals surface area contributed by atoms with Gasteiger partial charge in [-0.2, -0.15) is 0 Å². The minimum Gasteiger partial charge on any atom is -0.485 e. The van der Waals surface area contributed by atoms with Gasteiger partial charge in [-0.1, -0.05) is 23.7 Å². The Kier molecular flexibility index (Phi) is 5.20. The Morgan fingerprint density at radius 1 is 1.23 bits per heavy atom. The summed E-state index contributed by atoms with van der Waals surface area (Å²) in [5.41, 5.74) is 0.920. The predicted molar refractivity (Wildman–Crippen MR) is 119 cm³/mol. The van der Waals surface area contributed by atoms with Gasteiger partial charge >= 0.3 is 5.69 Å². The van der Waals surface area contributed by atoms with Crippen LogP contribution in [0, 0.1) is 0 Å². The van der Waals surface area contributed by atoms with Gasteiger partial charge in [-0.25, -0.2) is 4.79 Å². The third-order valence-corrected chi connectivity index (χ3v) is 6.68. The molecule has 31 heavy (non-hydrogen) atoms. The summed E-state index contributed by atoms with van der Waals surface area (Å²) in [6.45, 7) is 4.21. The topological polar surface area (TPSA) is 79.7 Å². The molecule has 0 spiro atoms. The molecule has 164 valence electrons. The fourth-order valence-corrected chi connectivity index (χ4v) is 4.74. The molecule has 2 atom stereocenters. The Morgan fingerprint density at radius 3 is 2.81 bits per heavy atom. The standard InChI is InChI=1S/C23H26ClN3O4/c1-23(14-30-20-12-15(24)6-7-19(20)31-23)21(28)13-26-10-8-16(9-11-26)27-18-5-3-2-4-17(18)25-22(27)29/h2-7,12,16,21,28H,8-11,13-14H2,1H3,(H,25,29). The van der Waals surface area contributed by atoms with Crippen LogP contribution in [0.2, 0.25) is 5.02 Å². The quantitative estimate of drug-likeness (QED) is 0.647. The molecule has 3 heterocycles. The zero-order valence-corrected chi connectivity index (χ0v) is 18.1. The van der Waals surface area contributed by atoms with Crippen LogP contribution in [0.15, 0.2) is 47.3 Å². The largest absolute Gasteiger partial charge is 0.485 e. The molecule has 0 radical (unpaired) electrons. The van der Waals surface area contributed by atoms with E-state index in [0.29, 0.717) is 23.1 Å². The Morgan fingerprint density at radius 2 is 2.00 bits per heavy atom. The monoisotopic (exact) mass is 443 g/mol. The first-order valence-corrected chi connectivity index (χ1v) is 11.0. The molecule has 0 bridgehead atoms. The molecule has 2 N–H and O–H groups in total. The number of aromatic amines is 1. The molecule has 5 rings (SSSR count). The lowest BCUT2D eigenvalue weighted by Crippen LogP contribution is -2.56. The van der Waals surface area contributed by atoms with Crippen LogP contribution in [0.3, 0.4) is 0 Å². The Labute approximate surface area is 185 Å². The minimum atomic E-state index is -0.842. The smallest absolute Gasteiger partial charge is 0.326 e. The van der Waals surface area contributed by atoms with Gasteiger partial charge in [-0.3, -0.25) is 4.57 Å². The number of rotatable bonds is 4. The summed E-state index contributed by atoms with van der Waals surface area (Å²) in [7, 11) is 0. The van der Waals surface area contributed by atoms with E-state index in [1.807, 2.05) is 35.8 Å². The molecule has 0 saturated carbocycles. The van der Waals surface area contributed by atoms with Gasteiger partial charge in [0.25, 0.3) is 0 Å². The van der Waals surface area contributed by atoms with Crippen molar-refractivity contribution in [1.82, 2.24) is 14.5 Å². The number of halogens is 1. The molecule has 1 fully saturated rings. The number of aliphatic hydroxyl groups excluding tert-OH is 1. The van der Waals surface area contributed by atoms with E-state index in [9.17, 15) is 9.90 Å². The van der Waals surface area contributed by atoms with Crippen LogP contribution in [0.5, 0.6) is 11.5 Å². The Bertz CT molecular complexity index is 1150. The highest BCUT2D eigenvalue weighted by atomic mass is 35.5. The van der Waals surface area contributed by atoms with Crippen molar-refractivity contribution in [3.05, 3.63) is 58.0 Å². The van der Waals surface area contributed by atoms with Gasteiger partial charge in [-0.05, 0) is 44.0 Å². The number of para-hydroxylation sites is 2. The molecule has 2 unspecified atom stereocenters. The number of benzene rings is 2. The summed E-state index contributed by atoms with van der Waals surface area (Å²) in [5.74, 6) is 1.19. The van der Waals surface area contributed by atoms with Crippen LogP contribution in [0.1, 0.15) is 25.8 Å². The lowest BCUT2D eigenvalue weighted by Gasteiger charge is -2.41. The van der Waals surface area contributed by atoms with E-state index in [-0.39, 0.29) is 18.3 Å². The number of nitrogens with zero attached hydrogens (tertiary/aromatic N) is 2. The molecule has 2 aliphatic rings. The summed E-state index contributed by atoms with van der Waals surface area (Å²) in [5, 5.41) is 11.6. The lowest BCUT2D eigenvalue weighted by atomic mass is 9.96. The second-order valence-electron chi connectivity index (χ2n) is 8.66. The lowest BCUT2D eigenvalue weighted by molar-refractivity contribution is -0.0952. The van der Waals surface area contributed by atoms with Crippen LogP contribution in [-0.4, -0.2) is 57.5 Å². The van der Waals surface area contributed by atoms with Gasteiger partial charge in [0.15, 0.2) is 17.1 Å². The van der Waals surface area contributed by atoms with E-state index in [2.05, 4.69) is 9.88 Å². The van der Waals surface area contributed by atoms with Gasteiger partial charge in [0, 0.05) is 36.8 Å². The number of fused-ring (bicyclic) bond motifs is 2. The van der Waals surface area contributed by atoms with Crippen molar-refractivity contribution in [2.75, 3.05) is 26.2 Å².